The van der Waals surface area contributed by atoms with Crippen molar-refractivity contribution in [3.63, 3.8) is 0 Å². The van der Waals surface area contributed by atoms with Crippen molar-refractivity contribution in [2.24, 2.45) is 34.0 Å². The second-order valence-corrected chi connectivity index (χ2v) is 17.9. The fourth-order valence-electron chi connectivity index (χ4n) is 13.3. The highest BCUT2D eigenvalue weighted by atomic mass is 16.8. The maximum atomic E-state index is 14.6. The lowest BCUT2D eigenvalue weighted by atomic mass is 9.32. The third-order valence-electron chi connectivity index (χ3n) is 14.9. The van der Waals surface area contributed by atoms with Crippen LogP contribution in [0.2, 0.25) is 0 Å². The molecular formula is C40H50O17. The summed E-state index contributed by atoms with van der Waals surface area (Å²) in [7, 11) is 0. The second-order valence-electron chi connectivity index (χ2n) is 17.9. The number of aliphatic hydroxyl groups is 2. The van der Waals surface area contributed by atoms with Gasteiger partial charge < -0.3 is 52.5 Å². The van der Waals surface area contributed by atoms with Crippen molar-refractivity contribution in [3.8, 4) is 0 Å². The Morgan fingerprint density at radius 2 is 1.61 bits per heavy atom. The van der Waals surface area contributed by atoms with Gasteiger partial charge in [-0.25, -0.2) is 0 Å². The molecule has 57 heavy (non-hydrogen) atoms. The van der Waals surface area contributed by atoms with Gasteiger partial charge in [-0.15, -0.1) is 0 Å². The van der Waals surface area contributed by atoms with E-state index >= 15 is 0 Å². The molecule has 3 saturated heterocycles. The van der Waals surface area contributed by atoms with Crippen LogP contribution in [0.3, 0.4) is 0 Å². The first kappa shape index (κ1) is 39.8. The maximum absolute atomic E-state index is 14.6. The van der Waals surface area contributed by atoms with Crippen LogP contribution in [0.4, 0.5) is 0 Å². The van der Waals surface area contributed by atoms with Crippen LogP contribution < -0.4 is 0 Å². The minimum Gasteiger partial charge on any atom is -0.472 e. The van der Waals surface area contributed by atoms with Crippen molar-refractivity contribution in [2.45, 2.75) is 147 Å². The first-order valence-corrected chi connectivity index (χ1v) is 19.4. The Labute approximate surface area is 328 Å². The number of hydrogen-bond donors (Lipinski definition) is 2. The molecule has 1 aromatic rings. The van der Waals surface area contributed by atoms with E-state index in [0.29, 0.717) is 5.56 Å². The van der Waals surface area contributed by atoms with E-state index in [-0.39, 0.29) is 19.3 Å². The van der Waals surface area contributed by atoms with Gasteiger partial charge >= 0.3 is 35.8 Å². The normalized spacial score (nSPS) is 47.3. The lowest BCUT2D eigenvalue weighted by Gasteiger charge is -2.77. The SMILES string of the molecule is CCC12C[C@@H]3[C@](C)([C@@H](OC(C)=O)c4ccoc4)[C@@H](OC(=O)C(C)C)[C@@H](OC(C)=O)[C@@]4(O)[C@]3(O1)[C@H](O2)[C@@]1(OC(C)=O)[C@@H](OC(C)=O)[C@]2(C)C[C@@]1(O)[C@]41COC(=O)C[C@@H]21. The number of carbonyl (C=O) groups excluding carboxylic acids is 6. The van der Waals surface area contributed by atoms with Gasteiger partial charge in [-0.1, -0.05) is 34.6 Å². The van der Waals surface area contributed by atoms with Crippen LogP contribution in [-0.4, -0.2) is 105 Å². The summed E-state index contributed by atoms with van der Waals surface area (Å²) in [5.41, 5.74) is -14.8. The highest BCUT2D eigenvalue weighted by molar-refractivity contribution is 5.75. The van der Waals surface area contributed by atoms with Crippen molar-refractivity contribution < 1.29 is 81.3 Å². The van der Waals surface area contributed by atoms with Crippen LogP contribution in [0.5, 0.6) is 0 Å². The number of hydrogen-bond acceptors (Lipinski definition) is 17. The first-order valence-electron chi connectivity index (χ1n) is 19.4. The Morgan fingerprint density at radius 1 is 0.930 bits per heavy atom. The van der Waals surface area contributed by atoms with E-state index in [1.165, 1.54) is 19.5 Å². The number of ether oxygens (including phenoxy) is 8. The second kappa shape index (κ2) is 12.0. The summed E-state index contributed by atoms with van der Waals surface area (Å²) in [5.74, 6) is -9.52. The van der Waals surface area contributed by atoms with Crippen LogP contribution in [0.25, 0.3) is 0 Å². The van der Waals surface area contributed by atoms with Crippen molar-refractivity contribution >= 4 is 35.8 Å². The molecule has 0 radical (unpaired) electrons. The van der Waals surface area contributed by atoms with E-state index in [0.717, 1.165) is 20.8 Å². The van der Waals surface area contributed by atoms with Gasteiger partial charge in [0.15, 0.2) is 24.1 Å². The average molecular weight is 803 g/mol. The molecule has 2 N–H and O–H groups in total. The Balaban J connectivity index is 1.55. The molecule has 4 saturated carbocycles. The molecule has 15 atom stereocenters. The van der Waals surface area contributed by atoms with Gasteiger partial charge in [-0.2, -0.15) is 0 Å². The Hall–Kier alpha value is -4.06. The van der Waals surface area contributed by atoms with Crippen LogP contribution in [0, 0.1) is 34.0 Å². The molecule has 8 rings (SSSR count). The zero-order valence-corrected chi connectivity index (χ0v) is 33.4. The lowest BCUT2D eigenvalue weighted by molar-refractivity contribution is -0.449. The van der Waals surface area contributed by atoms with Crippen LogP contribution in [0.1, 0.15) is 99.7 Å². The summed E-state index contributed by atoms with van der Waals surface area (Å²) >= 11 is 0. The van der Waals surface area contributed by atoms with Crippen LogP contribution >= 0.6 is 0 Å². The van der Waals surface area contributed by atoms with Crippen molar-refractivity contribution in [2.75, 3.05) is 6.61 Å². The molecule has 0 amide bonds. The number of furan rings is 1. The molecule has 0 aromatic carbocycles. The maximum Gasteiger partial charge on any atom is 0.308 e. The summed E-state index contributed by atoms with van der Waals surface area (Å²) in [6.07, 6.45) is -6.23. The third kappa shape index (κ3) is 4.33. The molecule has 7 aliphatic rings. The third-order valence-corrected chi connectivity index (χ3v) is 14.9. The van der Waals surface area contributed by atoms with Gasteiger partial charge in [0.2, 0.25) is 5.60 Å². The summed E-state index contributed by atoms with van der Waals surface area (Å²) in [4.78, 5) is 80.9. The fraction of sp³-hybridized carbons (Fsp3) is 0.750. The molecule has 1 unspecified atom stereocenters. The van der Waals surface area contributed by atoms with Gasteiger partial charge in [-0.05, 0) is 24.8 Å². The highest BCUT2D eigenvalue weighted by Gasteiger charge is 3.05. The van der Waals surface area contributed by atoms with Crippen LogP contribution in [0.15, 0.2) is 23.0 Å². The predicted molar refractivity (Wildman–Crippen MR) is 186 cm³/mol. The number of rotatable bonds is 9. The topological polar surface area (TPSA) is 230 Å². The van der Waals surface area contributed by atoms with E-state index in [2.05, 4.69) is 0 Å². The van der Waals surface area contributed by atoms with Crippen LogP contribution in [-0.2, 0) is 66.7 Å². The van der Waals surface area contributed by atoms with Gasteiger partial charge in [0.05, 0.1) is 29.3 Å². The molecule has 1 aromatic heterocycles. The fourth-order valence-corrected chi connectivity index (χ4v) is 13.3. The van der Waals surface area contributed by atoms with Crippen molar-refractivity contribution in [1.82, 2.24) is 0 Å². The lowest BCUT2D eigenvalue weighted by Crippen LogP contribution is -2.98. The minimum absolute atomic E-state index is 0.0679. The minimum atomic E-state index is -2.73. The van der Waals surface area contributed by atoms with E-state index < -0.39 is 142 Å². The van der Waals surface area contributed by atoms with Gasteiger partial charge in [-0.3, -0.25) is 28.8 Å². The van der Waals surface area contributed by atoms with E-state index in [1.54, 1.807) is 40.7 Å². The summed E-state index contributed by atoms with van der Waals surface area (Å²) in [5, 5.41) is 28.5. The molecule has 4 heterocycles. The average Bonchev–Trinajstić information content (AvgIpc) is 3.92. The Morgan fingerprint density at radius 3 is 2.18 bits per heavy atom. The predicted octanol–water partition coefficient (Wildman–Crippen LogP) is 2.37. The molecule has 4 aliphatic carbocycles. The standard InChI is InChI=1S/C40H50O17/c1-10-35-14-25-34(9,27(51-19(4)41)23-11-12-49-15-23)28(54-30(46)18(2)3)29(52-20(5)42)40(48)36-17-50-26(45)13-24(36)33(8)16-37(36,47)39(55-22(7)44,31(33)53-21(6)43)32(56-35)38(25,40)57-35/h11-12,15,18,24-25,27-29,31-32,47-48H,10,13-14,16-17H2,1-9H3/t24-,25+,27-,28-,29+,31-,32-,33+,34+,35?,36+,37+,38+,39-,40-/m0/s1. The Bertz CT molecular complexity index is 1950. The summed E-state index contributed by atoms with van der Waals surface area (Å²) in [6, 6.07) is 1.55. The van der Waals surface area contributed by atoms with E-state index in [9.17, 15) is 39.0 Å². The summed E-state index contributed by atoms with van der Waals surface area (Å²) < 4.78 is 56.9. The smallest absolute Gasteiger partial charge is 0.308 e. The number of fused-ring (bicyclic) bond motifs is 4. The van der Waals surface area contributed by atoms with E-state index in [1.807, 2.05) is 0 Å². The molecule has 17 heteroatoms. The van der Waals surface area contributed by atoms with Gasteiger partial charge in [0.1, 0.15) is 35.6 Å². The molecule has 4 bridgehead atoms. The molecular weight excluding hydrogens is 752 g/mol. The summed E-state index contributed by atoms with van der Waals surface area (Å²) in [6.45, 7) is 12.1. The van der Waals surface area contributed by atoms with Gasteiger partial charge in [0.25, 0.3) is 0 Å². The van der Waals surface area contributed by atoms with Crippen molar-refractivity contribution in [1.29, 1.82) is 0 Å². The molecule has 2 spiro atoms. The monoisotopic (exact) mass is 802 g/mol. The largest absolute Gasteiger partial charge is 0.472 e. The number of cyclic esters (lactones) is 1. The molecule has 312 valence electrons. The molecule has 17 nitrogen and oxygen atoms in total. The van der Waals surface area contributed by atoms with E-state index in [4.69, 9.17) is 42.3 Å². The zero-order valence-electron chi connectivity index (χ0n) is 33.4. The molecule has 3 aliphatic heterocycles. The Kier molecular flexibility index (Phi) is 8.37. The molecule has 7 fully saturated rings. The number of esters is 6. The van der Waals surface area contributed by atoms with Gasteiger partial charge in [0, 0.05) is 57.4 Å². The zero-order chi connectivity index (χ0) is 41.7. The first-order chi connectivity index (χ1) is 26.5. The van der Waals surface area contributed by atoms with Crippen molar-refractivity contribution in [3.05, 3.63) is 24.2 Å². The number of carbonyl (C=O) groups is 6. The highest BCUT2D eigenvalue weighted by Crippen LogP contribution is 2.88. The quantitative estimate of drug-likeness (QED) is 0.270.